The molecule has 138 heavy (non-hydrogen) atoms. The second-order valence-corrected chi connectivity index (χ2v) is 68.4. The van der Waals surface area contributed by atoms with Crippen molar-refractivity contribution in [2.24, 2.45) is 11.8 Å². The summed E-state index contributed by atoms with van der Waals surface area (Å²) in [5.41, 5.74) is 5.86. The zero-order chi connectivity index (χ0) is 98.9. The maximum atomic E-state index is 11.7. The Labute approximate surface area is 868 Å². The molecule has 0 bridgehead atoms. The standard InChI is InChI=1S/C50H70O12Si.C47H66O12Si.S8.S7/c1-31(2)63(32(3)4,33(5)6)62-47-43-41(59-49(9,10)60-43)40(35(8)55-47)57-46-42(52-28-37-22-16-12-17-23-37)39(34(7)26-53-46)56-48-44-50(30-54-48,29-51-27-36-20-14-11-15-21-36)61-45(58-44)38-24-18-13-19-25-38;1-29(2)60(30(3)4,31(5)6)59-44-38(49)37(48)40(33(8)54-44)56-45-41(51-26-35-20-14-10-15-21-35)39(32(7)24-52-45)55-46-42-47(28-53-46,27-50-25-34-18-12-9-13-19-34)58-43(57-42)36-22-16-11-17-23-36;1-3-5-7-8-6-4-2;1-3-5-7-6-4-2/h11-25,31-35,39-48H,26-30H2,1-10H3;9-23,29-33,37-46,48-49H,24-28H2,1-8H3;;/t34-,35?,39?,40+,41?,42-,43+,44?,45+,46+,47+,48+,50+;32-,33?,37?,38+,39?,40+,41-,42?,43+,44+,45+,46+,47+;;/m11../s1. The van der Waals surface area contributed by atoms with Crippen LogP contribution < -0.4 is 0 Å². The number of hydrogen-bond acceptors (Lipinski definition) is 28. The van der Waals surface area contributed by atoms with Gasteiger partial charge in [0.1, 0.15) is 72.2 Å². The SMILES string of the molecule is CC1O[C@@H](O[Si](C(C)C)(C(C)C)C(C)C)[C@@H](O)C(O)[C@H]1O[C@@H]1OC[C@@H](C)C(O[C@@H]2OC[C@]3(COCc4ccccc4)O[C@@H](c4ccccc4)OC23)[C@H]1OCc1ccccc1.CC1O[C@@H](O[Si](C(C)C)(C(C)C)C(C)C)[C@H]2OC(C)(C)OC2[C@H]1O[C@@H]1OC[C@@H](C)C(O[C@@H]2OC[C@]3(COCc4ccccc4)O[C@@H](c4ccccc4)OC23)[C@H]1OCc1ccccc1.S=S=S=S=S=S=S.S=S=S=S=S=S=S=S. The molecule has 0 saturated carbocycles. The lowest BCUT2D eigenvalue weighted by atomic mass is 9.95. The lowest BCUT2D eigenvalue weighted by molar-refractivity contribution is -0.348. The van der Waals surface area contributed by atoms with Gasteiger partial charge in [0.2, 0.25) is 16.6 Å². The molecule has 6 aromatic rings. The Morgan fingerprint density at radius 2 is 0.667 bits per heavy atom. The number of benzene rings is 6. The molecule has 9 aliphatic heterocycles. The molecule has 24 nitrogen and oxygen atoms in total. The number of rotatable bonds is 34. The average molecular weight is 2220 g/mol. The fourth-order valence-electron chi connectivity index (χ4n) is 20.3. The topological polar surface area (TPSA) is 244 Å². The van der Waals surface area contributed by atoms with Gasteiger partial charge in [0.25, 0.3) is 0 Å². The van der Waals surface area contributed by atoms with Gasteiger partial charge in [-0.15, -0.1) is 0 Å². The van der Waals surface area contributed by atoms with Gasteiger partial charge in [-0.3, -0.25) is 0 Å². The summed E-state index contributed by atoms with van der Waals surface area (Å²) in [6, 6.07) is 59.8. The Morgan fingerprint density at radius 3 is 1.04 bits per heavy atom. The molecule has 6 aromatic carbocycles. The van der Waals surface area contributed by atoms with E-state index in [0.717, 1.165) is 33.4 Å². The highest BCUT2D eigenvalue weighted by atomic mass is 33.4. The Hall–Kier alpha value is -1.91. The van der Waals surface area contributed by atoms with Crippen LogP contribution in [0, 0.1) is 11.8 Å². The molecular weight excluding hydrogens is 2090 g/mol. The predicted molar refractivity (Wildman–Crippen MR) is 574 cm³/mol. The van der Waals surface area contributed by atoms with E-state index in [9.17, 15) is 10.2 Å². The number of aliphatic hydroxyl groups is 2. The summed E-state index contributed by atoms with van der Waals surface area (Å²) in [4.78, 5) is 0. The highest BCUT2D eigenvalue weighted by Crippen LogP contribution is 2.52. The normalized spacial score (nSPS) is 32.0. The smallest absolute Gasteiger partial charge is 0.203 e. The molecule has 0 amide bonds. The molecule has 9 fully saturated rings. The lowest BCUT2D eigenvalue weighted by Gasteiger charge is -2.50. The third-order valence-electron chi connectivity index (χ3n) is 26.5. The minimum atomic E-state index is -2.47. The Kier molecular flexibility index (Phi) is 46.2. The molecule has 0 aromatic heterocycles. The van der Waals surface area contributed by atoms with Crippen molar-refractivity contribution >= 4 is 159 Å². The van der Waals surface area contributed by atoms with Crippen LogP contribution in [0.1, 0.15) is 171 Å². The maximum Gasteiger partial charge on any atom is 0.203 e. The average Bonchev–Trinajstić information content (AvgIpc) is 1.58. The van der Waals surface area contributed by atoms with Crippen LogP contribution in [0.2, 0.25) is 33.2 Å². The molecule has 2 N–H and O–H groups in total. The predicted octanol–water partition coefficient (Wildman–Crippen LogP) is 16.6. The van der Waals surface area contributed by atoms with Gasteiger partial charge in [0.15, 0.2) is 56.1 Å². The molecule has 15 rings (SSSR count). The molecule has 8 unspecified atom stereocenters. The number of fused-ring (bicyclic) bond motifs is 3. The Bertz CT molecular complexity index is 5150. The largest absolute Gasteiger partial charge is 0.389 e. The third kappa shape index (κ3) is 29.6. The van der Waals surface area contributed by atoms with Gasteiger partial charge in [0.05, 0.1) is 90.5 Å². The van der Waals surface area contributed by atoms with E-state index in [1.54, 1.807) is 62.2 Å². The molecule has 766 valence electrons. The first-order valence-corrected chi connectivity index (χ1v) is 68.6. The summed E-state index contributed by atoms with van der Waals surface area (Å²) in [5.74, 6) is -1.17. The molecule has 9 saturated heterocycles. The van der Waals surface area contributed by atoms with E-state index >= 15 is 0 Å². The highest BCUT2D eigenvalue weighted by Gasteiger charge is 2.65. The van der Waals surface area contributed by atoms with E-state index in [4.69, 9.17) is 104 Å². The second kappa shape index (κ2) is 55.6. The zero-order valence-electron chi connectivity index (χ0n) is 81.2. The van der Waals surface area contributed by atoms with E-state index < -0.39 is 169 Å². The van der Waals surface area contributed by atoms with Gasteiger partial charge < -0.3 is 114 Å². The van der Waals surface area contributed by atoms with Crippen molar-refractivity contribution in [2.45, 2.75) is 337 Å². The summed E-state index contributed by atoms with van der Waals surface area (Å²) in [6.45, 7) is 41.4. The summed E-state index contributed by atoms with van der Waals surface area (Å²) in [5, 5.41) is 23.3. The van der Waals surface area contributed by atoms with Crippen molar-refractivity contribution in [3.8, 4) is 0 Å². The van der Waals surface area contributed by atoms with E-state index in [1.807, 2.05) is 217 Å². The van der Waals surface area contributed by atoms with Gasteiger partial charge in [-0.1, -0.05) is 279 Å². The Morgan fingerprint density at radius 1 is 0.348 bits per heavy atom. The first-order chi connectivity index (χ1) is 66.3. The molecule has 0 spiro atoms. The van der Waals surface area contributed by atoms with Crippen molar-refractivity contribution in [1.82, 2.24) is 0 Å². The molecule has 41 heteroatoms. The van der Waals surface area contributed by atoms with E-state index in [1.165, 1.54) is 35.5 Å². The molecule has 9 heterocycles. The number of ether oxygens (including phenoxy) is 20. The van der Waals surface area contributed by atoms with Crippen molar-refractivity contribution < 1.29 is 114 Å². The van der Waals surface area contributed by atoms with Gasteiger partial charge in [-0.05, 0) is 83.2 Å². The van der Waals surface area contributed by atoms with Crippen molar-refractivity contribution in [1.29, 1.82) is 0 Å². The quantitative estimate of drug-likeness (QED) is 0.0357. The summed E-state index contributed by atoms with van der Waals surface area (Å²) >= 11 is 18.3. The zero-order valence-corrected chi connectivity index (χ0v) is 95.5. The van der Waals surface area contributed by atoms with Gasteiger partial charge in [-0.2, -0.15) is 0 Å². The first kappa shape index (κ1) is 115. The van der Waals surface area contributed by atoms with Crippen LogP contribution in [0.3, 0.4) is 0 Å². The molecule has 0 radical (unpaired) electrons. The second-order valence-electron chi connectivity index (χ2n) is 38.1. The van der Waals surface area contributed by atoms with Crippen LogP contribution in [0.25, 0.3) is 0 Å². The number of hydrogen-bond donors (Lipinski definition) is 2. The molecule has 0 aliphatic carbocycles. The minimum absolute atomic E-state index is 0.109. The van der Waals surface area contributed by atoms with Crippen LogP contribution in [0.15, 0.2) is 182 Å². The molecule has 26 atom stereocenters. The summed E-state index contributed by atoms with van der Waals surface area (Å²) in [7, 11) is 11.7. The molecular formula is C97H136O24S15Si2. The third-order valence-corrected chi connectivity index (χ3v) is 58.6. The van der Waals surface area contributed by atoms with E-state index in [2.05, 4.69) is 135 Å². The van der Waals surface area contributed by atoms with Crippen LogP contribution in [-0.2, 0) is 272 Å². The van der Waals surface area contributed by atoms with E-state index in [0.29, 0.717) is 43.1 Å². The maximum absolute atomic E-state index is 11.7. The lowest BCUT2D eigenvalue weighted by Crippen LogP contribution is -2.64. The fourth-order valence-corrected chi connectivity index (χ4v) is 50.3. The first-order valence-electron chi connectivity index (χ1n) is 47.0. The van der Waals surface area contributed by atoms with Crippen LogP contribution in [0.4, 0.5) is 0 Å². The van der Waals surface area contributed by atoms with Crippen molar-refractivity contribution in [3.63, 3.8) is 0 Å². The summed E-state index contributed by atoms with van der Waals surface area (Å²) in [6.07, 6.45) is -16.6. The minimum Gasteiger partial charge on any atom is -0.389 e. The van der Waals surface area contributed by atoms with Gasteiger partial charge in [0, 0.05) is 165 Å². The monoisotopic (exact) mass is 2220 g/mol. The van der Waals surface area contributed by atoms with Gasteiger partial charge in [-0.25, -0.2) is 0 Å². The van der Waals surface area contributed by atoms with Crippen LogP contribution in [-0.4, -0.2) is 207 Å². The van der Waals surface area contributed by atoms with Crippen LogP contribution in [0.5, 0.6) is 0 Å². The highest BCUT2D eigenvalue weighted by molar-refractivity contribution is 8.70. The van der Waals surface area contributed by atoms with Crippen molar-refractivity contribution in [3.05, 3.63) is 215 Å². The van der Waals surface area contributed by atoms with Crippen molar-refractivity contribution in [2.75, 3.05) is 39.6 Å². The van der Waals surface area contributed by atoms with Gasteiger partial charge >= 0.3 is 0 Å². The Balaban J connectivity index is 0.000000215. The molecule has 9 aliphatic rings. The van der Waals surface area contributed by atoms with E-state index in [-0.39, 0.29) is 68.1 Å². The number of aliphatic hydroxyl groups excluding tert-OH is 2. The van der Waals surface area contributed by atoms with Crippen LogP contribution >= 0.6 is 0 Å². The fraction of sp³-hybridized carbons (Fsp3) is 0.629. The summed E-state index contributed by atoms with van der Waals surface area (Å²) < 4.78 is 147.